The molecular formula is C36H39NO5. The number of fused-ring (bicyclic) bond motifs is 2. The molecule has 218 valence electrons. The van der Waals surface area contributed by atoms with E-state index in [-0.39, 0.29) is 30.1 Å². The zero-order valence-corrected chi connectivity index (χ0v) is 25.2. The molecule has 0 radical (unpaired) electrons. The number of carbonyl (C=O) groups excluding carboxylic acids is 2. The van der Waals surface area contributed by atoms with Crippen LogP contribution >= 0.6 is 0 Å². The van der Waals surface area contributed by atoms with E-state index in [1.165, 1.54) is 7.11 Å². The van der Waals surface area contributed by atoms with Gasteiger partial charge in [-0.3, -0.25) is 4.90 Å². The molecule has 4 aromatic rings. The zero-order valence-electron chi connectivity index (χ0n) is 25.2. The number of esters is 1. The van der Waals surface area contributed by atoms with E-state index in [2.05, 4.69) is 36.4 Å². The number of amides is 1. The van der Waals surface area contributed by atoms with Crippen molar-refractivity contribution in [1.82, 2.24) is 4.90 Å². The first kappa shape index (κ1) is 29.2. The van der Waals surface area contributed by atoms with Crippen LogP contribution in [0.1, 0.15) is 78.7 Å². The highest BCUT2D eigenvalue weighted by molar-refractivity contribution is 5.91. The summed E-state index contributed by atoms with van der Waals surface area (Å²) < 4.78 is 17.5. The van der Waals surface area contributed by atoms with Crippen molar-refractivity contribution in [3.05, 3.63) is 113 Å². The Morgan fingerprint density at radius 2 is 1.69 bits per heavy atom. The molecule has 1 amide bonds. The maximum atomic E-state index is 13.8. The van der Waals surface area contributed by atoms with Crippen molar-refractivity contribution in [3.8, 4) is 5.75 Å². The predicted octanol–water partition coefficient (Wildman–Crippen LogP) is 8.22. The monoisotopic (exact) mass is 565 g/mol. The summed E-state index contributed by atoms with van der Waals surface area (Å²) in [4.78, 5) is 28.1. The Balaban J connectivity index is 1.51. The number of nitrogens with zero attached hydrogens (tertiary/aromatic N) is 1. The highest BCUT2D eigenvalue weighted by Gasteiger charge is 2.35. The fraction of sp³-hybridized carbons (Fsp3) is 0.333. The van der Waals surface area contributed by atoms with Crippen molar-refractivity contribution >= 4 is 22.8 Å². The van der Waals surface area contributed by atoms with Crippen LogP contribution in [-0.4, -0.2) is 42.3 Å². The third-order valence-corrected chi connectivity index (χ3v) is 7.93. The van der Waals surface area contributed by atoms with Gasteiger partial charge in [-0.15, -0.1) is 0 Å². The molecule has 0 fully saturated rings. The Morgan fingerprint density at radius 1 is 0.976 bits per heavy atom. The summed E-state index contributed by atoms with van der Waals surface area (Å²) in [5.41, 5.74) is 3.88. The lowest BCUT2D eigenvalue weighted by Gasteiger charge is -2.38. The van der Waals surface area contributed by atoms with Crippen molar-refractivity contribution < 1.29 is 23.8 Å². The molecule has 1 aliphatic heterocycles. The molecule has 1 heterocycles. The fourth-order valence-corrected chi connectivity index (χ4v) is 5.82. The molecule has 0 bridgehead atoms. The minimum absolute atomic E-state index is 0.0303. The van der Waals surface area contributed by atoms with Gasteiger partial charge in [0.1, 0.15) is 17.5 Å². The van der Waals surface area contributed by atoms with E-state index in [4.69, 9.17) is 14.2 Å². The van der Waals surface area contributed by atoms with E-state index in [0.29, 0.717) is 18.5 Å². The van der Waals surface area contributed by atoms with Gasteiger partial charge in [0.2, 0.25) is 0 Å². The molecule has 0 aliphatic carbocycles. The molecule has 42 heavy (non-hydrogen) atoms. The van der Waals surface area contributed by atoms with Crippen LogP contribution in [0.3, 0.4) is 0 Å². The van der Waals surface area contributed by atoms with Crippen LogP contribution in [0.5, 0.6) is 5.75 Å². The Bertz CT molecular complexity index is 1600. The lowest BCUT2D eigenvalue weighted by Crippen LogP contribution is -2.45. The van der Waals surface area contributed by atoms with Gasteiger partial charge >= 0.3 is 12.1 Å². The van der Waals surface area contributed by atoms with Gasteiger partial charge in [0.15, 0.2) is 0 Å². The fourth-order valence-electron chi connectivity index (χ4n) is 5.82. The van der Waals surface area contributed by atoms with Crippen molar-refractivity contribution in [2.75, 3.05) is 13.7 Å². The smallest absolute Gasteiger partial charge is 0.410 e. The molecule has 6 nitrogen and oxygen atoms in total. The Hall–Kier alpha value is -4.32. The van der Waals surface area contributed by atoms with E-state index in [9.17, 15) is 9.59 Å². The van der Waals surface area contributed by atoms with Crippen LogP contribution in [0, 0.1) is 6.92 Å². The van der Waals surface area contributed by atoms with Crippen molar-refractivity contribution in [2.24, 2.45) is 0 Å². The Morgan fingerprint density at radius 3 is 2.45 bits per heavy atom. The molecule has 6 heteroatoms. The summed E-state index contributed by atoms with van der Waals surface area (Å²) in [5, 5.41) is 2.22. The number of hydrogen-bond donors (Lipinski definition) is 0. The summed E-state index contributed by atoms with van der Waals surface area (Å²) in [5.74, 6) is 0.393. The van der Waals surface area contributed by atoms with Crippen LogP contribution in [0.25, 0.3) is 10.8 Å². The van der Waals surface area contributed by atoms with Crippen LogP contribution in [0.2, 0.25) is 0 Å². The first-order valence-electron chi connectivity index (χ1n) is 14.5. The lowest BCUT2D eigenvalue weighted by molar-refractivity contribution is 0.00569. The minimum Gasteiger partial charge on any atom is -0.488 e. The molecule has 5 rings (SSSR count). The molecule has 2 unspecified atom stereocenters. The number of ether oxygens (including phenoxy) is 3. The average molecular weight is 566 g/mol. The van der Waals surface area contributed by atoms with E-state index in [1.807, 2.05) is 83.1 Å². The second-order valence-electron chi connectivity index (χ2n) is 12.0. The van der Waals surface area contributed by atoms with Crippen molar-refractivity contribution in [3.63, 3.8) is 0 Å². The average Bonchev–Trinajstić information content (AvgIpc) is 2.97. The molecule has 0 N–H and O–H groups in total. The summed E-state index contributed by atoms with van der Waals surface area (Å²) in [6.45, 7) is 9.93. The van der Waals surface area contributed by atoms with Crippen LogP contribution in [0.15, 0.2) is 84.9 Å². The Labute approximate surface area is 248 Å². The summed E-state index contributed by atoms with van der Waals surface area (Å²) in [6.07, 6.45) is -0.0645. The molecule has 4 aromatic carbocycles. The molecule has 0 saturated heterocycles. The van der Waals surface area contributed by atoms with Gasteiger partial charge in [0, 0.05) is 11.5 Å². The number of hydrogen-bond acceptors (Lipinski definition) is 5. The number of benzene rings is 4. The van der Waals surface area contributed by atoms with Gasteiger partial charge in [-0.05, 0) is 80.6 Å². The standard InChI is InChI=1S/C36H39NO5/c1-23-18-19-26(20-31(23)34(38)40-6)32-21-27(41-33-17-10-9-15-30(32)33)22-37(35(39)42-36(3,4)5)24(2)28-16-11-13-25-12-7-8-14-29(25)28/h7-20,24,27,32H,21-22H2,1-6H3/t24?,27-,32?/m1/s1. The van der Waals surface area contributed by atoms with Gasteiger partial charge in [0.25, 0.3) is 0 Å². The second kappa shape index (κ2) is 11.9. The van der Waals surface area contributed by atoms with Gasteiger partial charge in [0.05, 0.1) is 25.3 Å². The third-order valence-electron chi connectivity index (χ3n) is 7.93. The van der Waals surface area contributed by atoms with E-state index < -0.39 is 5.60 Å². The third kappa shape index (κ3) is 6.13. The van der Waals surface area contributed by atoms with Crippen LogP contribution in [0.4, 0.5) is 4.79 Å². The topological polar surface area (TPSA) is 65.1 Å². The molecule has 0 aromatic heterocycles. The van der Waals surface area contributed by atoms with E-state index in [0.717, 1.165) is 38.8 Å². The first-order chi connectivity index (χ1) is 20.1. The van der Waals surface area contributed by atoms with Gasteiger partial charge in [-0.1, -0.05) is 72.8 Å². The first-order valence-corrected chi connectivity index (χ1v) is 14.5. The molecule has 1 aliphatic rings. The van der Waals surface area contributed by atoms with Crippen molar-refractivity contribution in [2.45, 2.75) is 64.7 Å². The second-order valence-corrected chi connectivity index (χ2v) is 12.0. The number of para-hydroxylation sites is 1. The summed E-state index contributed by atoms with van der Waals surface area (Å²) in [6, 6.07) is 28.1. The summed E-state index contributed by atoms with van der Waals surface area (Å²) in [7, 11) is 1.40. The maximum Gasteiger partial charge on any atom is 0.410 e. The van der Waals surface area contributed by atoms with Gasteiger partial charge < -0.3 is 14.2 Å². The SMILES string of the molecule is COC(=O)c1cc(C2C[C@H](CN(C(=O)OC(C)(C)C)C(C)c3cccc4ccccc34)Oc3ccccc32)ccc1C. The zero-order chi connectivity index (χ0) is 30.0. The van der Waals surface area contributed by atoms with Gasteiger partial charge in [-0.2, -0.15) is 0 Å². The van der Waals surface area contributed by atoms with E-state index in [1.54, 1.807) is 4.90 Å². The van der Waals surface area contributed by atoms with E-state index >= 15 is 0 Å². The minimum atomic E-state index is -0.650. The van der Waals surface area contributed by atoms with Crippen molar-refractivity contribution in [1.29, 1.82) is 0 Å². The molecule has 0 saturated carbocycles. The number of aryl methyl sites for hydroxylation is 1. The number of carbonyl (C=O) groups is 2. The highest BCUT2D eigenvalue weighted by atomic mass is 16.6. The molecular weight excluding hydrogens is 526 g/mol. The highest BCUT2D eigenvalue weighted by Crippen LogP contribution is 2.42. The predicted molar refractivity (Wildman–Crippen MR) is 165 cm³/mol. The Kier molecular flexibility index (Phi) is 8.26. The number of methoxy groups -OCH3 is 1. The van der Waals surface area contributed by atoms with Crippen LogP contribution < -0.4 is 4.74 Å². The summed E-state index contributed by atoms with van der Waals surface area (Å²) >= 11 is 0. The van der Waals surface area contributed by atoms with Crippen LogP contribution in [-0.2, 0) is 9.47 Å². The maximum absolute atomic E-state index is 13.8. The molecule has 3 atom stereocenters. The largest absolute Gasteiger partial charge is 0.488 e. The molecule has 0 spiro atoms. The lowest BCUT2D eigenvalue weighted by atomic mass is 9.83. The quantitative estimate of drug-likeness (QED) is 0.220. The van der Waals surface area contributed by atoms with Gasteiger partial charge in [-0.25, -0.2) is 9.59 Å². The normalized spacial score (nSPS) is 17.1. The number of rotatable bonds is 6.